The predicted molar refractivity (Wildman–Crippen MR) is 65.7 cm³/mol. The van der Waals surface area contributed by atoms with Gasteiger partial charge >= 0.3 is 0 Å². The number of rotatable bonds is 3. The number of nitrogens with two attached hydrogens (primary N) is 1. The van der Waals surface area contributed by atoms with Crippen LogP contribution in [0.25, 0.3) is 0 Å². The third-order valence-corrected chi connectivity index (χ3v) is 3.17. The van der Waals surface area contributed by atoms with E-state index >= 15 is 0 Å². The highest BCUT2D eigenvalue weighted by Gasteiger charge is 2.23. The molecule has 2 N–H and O–H groups in total. The number of fused-ring (bicyclic) bond motifs is 1. The monoisotopic (exact) mass is 246 g/mol. The van der Waals surface area contributed by atoms with E-state index in [0.717, 1.165) is 24.2 Å². The molecule has 3 rings (SSSR count). The smallest absolute Gasteiger partial charge is 0.252 e. The molecule has 0 saturated carbocycles. The molecule has 0 aromatic heterocycles. The van der Waals surface area contributed by atoms with Crippen LogP contribution in [0.3, 0.4) is 0 Å². The summed E-state index contributed by atoms with van der Waals surface area (Å²) < 4.78 is 11.0. The van der Waals surface area contributed by atoms with Crippen molar-refractivity contribution in [2.45, 2.75) is 18.9 Å². The highest BCUT2D eigenvalue weighted by Crippen LogP contribution is 2.26. The summed E-state index contributed by atoms with van der Waals surface area (Å²) in [7, 11) is 0. The number of amidine groups is 1. The third kappa shape index (κ3) is 1.97. The minimum absolute atomic E-state index is 0.171. The molecule has 2 aliphatic heterocycles. The number of carbonyl (C=O) groups is 1. The lowest BCUT2D eigenvalue weighted by Gasteiger charge is -2.27. The van der Waals surface area contributed by atoms with E-state index in [1.807, 2.05) is 18.2 Å². The van der Waals surface area contributed by atoms with Crippen molar-refractivity contribution in [3.8, 4) is 5.75 Å². The average Bonchev–Trinajstić information content (AvgIpc) is 2.26. The molecule has 0 bridgehead atoms. The maximum Gasteiger partial charge on any atom is 0.252 e. The van der Waals surface area contributed by atoms with E-state index in [4.69, 9.17) is 15.2 Å². The fraction of sp³-hybridized carbons (Fsp3) is 0.385. The number of benzene rings is 1. The molecule has 1 aromatic carbocycles. The fourth-order valence-electron chi connectivity index (χ4n) is 2.13. The summed E-state index contributed by atoms with van der Waals surface area (Å²) in [6.45, 7) is 1.32. The molecule has 5 nitrogen and oxygen atoms in total. The van der Waals surface area contributed by atoms with Gasteiger partial charge in [0.05, 0.1) is 18.1 Å². The molecule has 0 spiro atoms. The van der Waals surface area contributed by atoms with Gasteiger partial charge in [-0.05, 0) is 11.6 Å². The van der Waals surface area contributed by atoms with Crippen molar-refractivity contribution in [2.24, 2.45) is 10.7 Å². The first-order valence-corrected chi connectivity index (χ1v) is 5.97. The molecule has 18 heavy (non-hydrogen) atoms. The van der Waals surface area contributed by atoms with Crippen molar-refractivity contribution in [1.82, 2.24) is 0 Å². The Labute approximate surface area is 105 Å². The molecule has 1 saturated heterocycles. The molecule has 1 atom stereocenters. The minimum Gasteiger partial charge on any atom is -0.490 e. The van der Waals surface area contributed by atoms with Crippen molar-refractivity contribution in [3.05, 3.63) is 29.3 Å². The number of hydrogen-bond acceptors (Lipinski definition) is 4. The van der Waals surface area contributed by atoms with Gasteiger partial charge in [0, 0.05) is 13.0 Å². The number of nitrogens with zero attached hydrogens (tertiary/aromatic N) is 1. The summed E-state index contributed by atoms with van der Waals surface area (Å²) in [4.78, 5) is 15.1. The summed E-state index contributed by atoms with van der Waals surface area (Å²) in [5, 5.41) is 0. The Morgan fingerprint density at radius 2 is 2.33 bits per heavy atom. The van der Waals surface area contributed by atoms with Crippen LogP contribution in [0.4, 0.5) is 0 Å². The molecule has 2 heterocycles. The quantitative estimate of drug-likeness (QED) is 0.849. The van der Waals surface area contributed by atoms with E-state index in [-0.39, 0.29) is 24.3 Å². The molecule has 1 amide bonds. The molecule has 94 valence electrons. The number of amides is 1. The zero-order valence-electron chi connectivity index (χ0n) is 9.89. The van der Waals surface area contributed by atoms with Gasteiger partial charge in [-0.3, -0.25) is 4.79 Å². The highest BCUT2D eigenvalue weighted by molar-refractivity contribution is 6.10. The van der Waals surface area contributed by atoms with E-state index < -0.39 is 0 Å². The maximum atomic E-state index is 11.3. The predicted octanol–water partition coefficient (Wildman–Crippen LogP) is 0.642. The van der Waals surface area contributed by atoms with Crippen LogP contribution in [-0.4, -0.2) is 31.1 Å². The van der Waals surface area contributed by atoms with Gasteiger partial charge in [0.15, 0.2) is 0 Å². The standard InChI is InChI=1S/C13H14N2O3/c14-13-12-8(6-11(16)15-13)2-1-3-10(12)18-7-9-4-5-17-9/h1-3,9H,4-7H2,(H2,14,15,16). The first kappa shape index (κ1) is 11.2. The number of ether oxygens (including phenoxy) is 2. The number of hydrogen-bond donors (Lipinski definition) is 1. The van der Waals surface area contributed by atoms with Gasteiger partial charge in [0.2, 0.25) is 0 Å². The van der Waals surface area contributed by atoms with Crippen LogP contribution in [0, 0.1) is 0 Å². The van der Waals surface area contributed by atoms with Crippen LogP contribution in [0.5, 0.6) is 5.75 Å². The van der Waals surface area contributed by atoms with Crippen molar-refractivity contribution in [3.63, 3.8) is 0 Å². The summed E-state index contributed by atoms with van der Waals surface area (Å²) in [6, 6.07) is 5.58. The van der Waals surface area contributed by atoms with Gasteiger partial charge in [-0.2, -0.15) is 4.99 Å². The Morgan fingerprint density at radius 1 is 1.50 bits per heavy atom. The van der Waals surface area contributed by atoms with E-state index in [0.29, 0.717) is 12.4 Å². The van der Waals surface area contributed by atoms with Crippen molar-refractivity contribution < 1.29 is 14.3 Å². The largest absolute Gasteiger partial charge is 0.490 e. The van der Waals surface area contributed by atoms with Gasteiger partial charge in [0.1, 0.15) is 18.2 Å². The second kappa shape index (κ2) is 4.42. The maximum absolute atomic E-state index is 11.3. The Balaban J connectivity index is 1.85. The Morgan fingerprint density at radius 3 is 3.06 bits per heavy atom. The lowest BCUT2D eigenvalue weighted by Crippen LogP contribution is -2.33. The normalized spacial score (nSPS) is 21.9. The van der Waals surface area contributed by atoms with Gasteiger partial charge in [0.25, 0.3) is 5.91 Å². The SMILES string of the molecule is NC1=NC(=O)Cc2cccc(OCC3CCO3)c21. The summed E-state index contributed by atoms with van der Waals surface area (Å²) in [6.07, 6.45) is 1.48. The third-order valence-electron chi connectivity index (χ3n) is 3.17. The molecule has 2 aliphatic rings. The van der Waals surface area contributed by atoms with Crippen molar-refractivity contribution in [2.75, 3.05) is 13.2 Å². The first-order valence-electron chi connectivity index (χ1n) is 5.97. The summed E-state index contributed by atoms with van der Waals surface area (Å²) >= 11 is 0. The van der Waals surface area contributed by atoms with Crippen LogP contribution < -0.4 is 10.5 Å². The van der Waals surface area contributed by atoms with E-state index in [9.17, 15) is 4.79 Å². The Kier molecular flexibility index (Phi) is 2.76. The lowest BCUT2D eigenvalue weighted by atomic mass is 10.00. The van der Waals surface area contributed by atoms with Gasteiger partial charge in [-0.1, -0.05) is 12.1 Å². The molecule has 1 fully saturated rings. The van der Waals surface area contributed by atoms with Gasteiger partial charge in [-0.25, -0.2) is 0 Å². The zero-order chi connectivity index (χ0) is 12.5. The summed E-state index contributed by atoms with van der Waals surface area (Å²) in [5.41, 5.74) is 7.43. The average molecular weight is 246 g/mol. The molecule has 0 radical (unpaired) electrons. The van der Waals surface area contributed by atoms with Crippen LogP contribution in [0.15, 0.2) is 23.2 Å². The van der Waals surface area contributed by atoms with Crippen LogP contribution in [0.2, 0.25) is 0 Å². The van der Waals surface area contributed by atoms with Crippen LogP contribution in [-0.2, 0) is 16.0 Å². The number of carbonyl (C=O) groups excluding carboxylic acids is 1. The van der Waals surface area contributed by atoms with Crippen molar-refractivity contribution >= 4 is 11.7 Å². The molecule has 1 unspecified atom stereocenters. The highest BCUT2D eigenvalue weighted by atomic mass is 16.5. The lowest BCUT2D eigenvalue weighted by molar-refractivity contribution is -0.117. The van der Waals surface area contributed by atoms with E-state index in [2.05, 4.69) is 4.99 Å². The first-order chi connectivity index (χ1) is 8.74. The Hall–Kier alpha value is -1.88. The zero-order valence-corrected chi connectivity index (χ0v) is 9.89. The topological polar surface area (TPSA) is 73.9 Å². The second-order valence-electron chi connectivity index (χ2n) is 4.45. The molecular formula is C13H14N2O3. The van der Waals surface area contributed by atoms with Gasteiger partial charge in [-0.15, -0.1) is 0 Å². The minimum atomic E-state index is -0.209. The summed E-state index contributed by atoms with van der Waals surface area (Å²) in [5.74, 6) is 0.711. The Bertz CT molecular complexity index is 521. The number of aliphatic imine (C=N–C) groups is 1. The second-order valence-corrected chi connectivity index (χ2v) is 4.45. The van der Waals surface area contributed by atoms with E-state index in [1.165, 1.54) is 0 Å². The van der Waals surface area contributed by atoms with Crippen LogP contribution in [0.1, 0.15) is 17.5 Å². The molecule has 5 heteroatoms. The van der Waals surface area contributed by atoms with E-state index in [1.54, 1.807) is 0 Å². The molecule has 1 aromatic rings. The van der Waals surface area contributed by atoms with Crippen LogP contribution >= 0.6 is 0 Å². The van der Waals surface area contributed by atoms with Crippen molar-refractivity contribution in [1.29, 1.82) is 0 Å². The molecular weight excluding hydrogens is 232 g/mol. The fourth-order valence-corrected chi connectivity index (χ4v) is 2.13. The van der Waals surface area contributed by atoms with Gasteiger partial charge < -0.3 is 15.2 Å². The molecule has 0 aliphatic carbocycles.